The molecule has 0 saturated carbocycles. The first-order valence-corrected chi connectivity index (χ1v) is 7.33. The Hall–Kier alpha value is -3.08. The fourth-order valence-electron chi connectivity index (χ4n) is 2.32. The van der Waals surface area contributed by atoms with E-state index in [4.69, 9.17) is 0 Å². The maximum atomic E-state index is 13.8. The number of Topliss-reactive ketones (excluding diaryl/α,β-unsaturated/α-hetero) is 1. The Labute approximate surface area is 138 Å². The second-order valence-electron chi connectivity index (χ2n) is 5.30. The number of benzene rings is 2. The number of hydrogen-bond donors (Lipinski definition) is 1. The van der Waals surface area contributed by atoms with Crippen molar-refractivity contribution in [2.45, 2.75) is 6.92 Å². The molecule has 1 aromatic heterocycles. The Bertz CT molecular complexity index is 892. The number of nitrogens with zero attached hydrogens (tertiary/aromatic N) is 1. The van der Waals surface area contributed by atoms with Gasteiger partial charge in [0.1, 0.15) is 5.82 Å². The highest BCUT2D eigenvalue weighted by Crippen LogP contribution is 2.25. The Kier molecular flexibility index (Phi) is 4.33. The molecular weight excluding hydrogens is 310 g/mol. The van der Waals surface area contributed by atoms with E-state index < -0.39 is 11.6 Å². The number of aromatic nitrogens is 1. The zero-order chi connectivity index (χ0) is 17.1. The Balaban J connectivity index is 1.84. The summed E-state index contributed by atoms with van der Waals surface area (Å²) in [4.78, 5) is 15.6. The highest BCUT2D eigenvalue weighted by Gasteiger charge is 2.10. The molecule has 0 atom stereocenters. The number of rotatable bonds is 4. The SMILES string of the molecule is CC(=O)c1cccc(Nc2ccc(-c3cccc(F)c3F)cn2)c1. The molecule has 1 N–H and O–H groups in total. The lowest BCUT2D eigenvalue weighted by atomic mass is 10.1. The molecule has 0 amide bonds. The lowest BCUT2D eigenvalue weighted by molar-refractivity contribution is 0.101. The molecule has 0 aliphatic heterocycles. The van der Waals surface area contributed by atoms with Crippen molar-refractivity contribution in [2.24, 2.45) is 0 Å². The zero-order valence-electron chi connectivity index (χ0n) is 12.9. The van der Waals surface area contributed by atoms with Crippen LogP contribution in [0.1, 0.15) is 17.3 Å². The summed E-state index contributed by atoms with van der Waals surface area (Å²) in [7, 11) is 0. The van der Waals surface area contributed by atoms with Gasteiger partial charge in [0.2, 0.25) is 0 Å². The number of anilines is 2. The molecule has 120 valence electrons. The molecule has 0 aliphatic rings. The smallest absolute Gasteiger partial charge is 0.166 e. The highest BCUT2D eigenvalue weighted by molar-refractivity contribution is 5.95. The third-order valence-electron chi connectivity index (χ3n) is 3.57. The summed E-state index contributed by atoms with van der Waals surface area (Å²) in [5.74, 6) is -1.27. The maximum Gasteiger partial charge on any atom is 0.166 e. The fraction of sp³-hybridized carbons (Fsp3) is 0.0526. The van der Waals surface area contributed by atoms with Gasteiger partial charge in [-0.2, -0.15) is 0 Å². The summed E-state index contributed by atoms with van der Waals surface area (Å²) < 4.78 is 27.1. The van der Waals surface area contributed by atoms with Crippen molar-refractivity contribution in [3.8, 4) is 11.1 Å². The van der Waals surface area contributed by atoms with Gasteiger partial charge in [0, 0.05) is 28.6 Å². The largest absolute Gasteiger partial charge is 0.340 e. The molecule has 24 heavy (non-hydrogen) atoms. The van der Waals surface area contributed by atoms with E-state index in [2.05, 4.69) is 10.3 Å². The van der Waals surface area contributed by atoms with Crippen molar-refractivity contribution in [2.75, 3.05) is 5.32 Å². The number of carbonyl (C=O) groups is 1. The van der Waals surface area contributed by atoms with Gasteiger partial charge in [0.25, 0.3) is 0 Å². The van der Waals surface area contributed by atoms with Crippen molar-refractivity contribution < 1.29 is 13.6 Å². The van der Waals surface area contributed by atoms with Crippen molar-refractivity contribution in [3.63, 3.8) is 0 Å². The van der Waals surface area contributed by atoms with Gasteiger partial charge in [-0.05, 0) is 37.3 Å². The molecule has 0 radical (unpaired) electrons. The van der Waals surface area contributed by atoms with Crippen LogP contribution in [-0.4, -0.2) is 10.8 Å². The first-order chi connectivity index (χ1) is 11.5. The molecule has 0 aliphatic carbocycles. The van der Waals surface area contributed by atoms with Gasteiger partial charge < -0.3 is 5.32 Å². The number of pyridine rings is 1. The van der Waals surface area contributed by atoms with Crippen molar-refractivity contribution in [3.05, 3.63) is 78.0 Å². The monoisotopic (exact) mass is 324 g/mol. The van der Waals surface area contributed by atoms with Crippen LogP contribution in [-0.2, 0) is 0 Å². The zero-order valence-corrected chi connectivity index (χ0v) is 12.9. The van der Waals surface area contributed by atoms with Crippen LogP contribution in [0.5, 0.6) is 0 Å². The molecule has 5 heteroatoms. The minimum Gasteiger partial charge on any atom is -0.340 e. The summed E-state index contributed by atoms with van der Waals surface area (Å²) in [6.07, 6.45) is 1.47. The van der Waals surface area contributed by atoms with Crippen LogP contribution in [0.4, 0.5) is 20.3 Å². The van der Waals surface area contributed by atoms with Crippen LogP contribution >= 0.6 is 0 Å². The molecule has 3 aromatic rings. The first-order valence-electron chi connectivity index (χ1n) is 7.33. The van der Waals surface area contributed by atoms with E-state index in [0.29, 0.717) is 16.9 Å². The molecule has 3 nitrogen and oxygen atoms in total. The van der Waals surface area contributed by atoms with Crippen LogP contribution in [0, 0.1) is 11.6 Å². The Morgan fingerprint density at radius 2 is 1.83 bits per heavy atom. The summed E-state index contributed by atoms with van der Waals surface area (Å²) >= 11 is 0. The number of nitrogens with one attached hydrogen (secondary N) is 1. The van der Waals surface area contributed by atoms with Crippen molar-refractivity contribution >= 4 is 17.3 Å². The second kappa shape index (κ2) is 6.58. The first kappa shape index (κ1) is 15.8. The number of hydrogen-bond acceptors (Lipinski definition) is 3. The van der Waals surface area contributed by atoms with Crippen LogP contribution in [0.25, 0.3) is 11.1 Å². The Morgan fingerprint density at radius 1 is 1.04 bits per heavy atom. The molecule has 0 spiro atoms. The average molecular weight is 324 g/mol. The predicted molar refractivity (Wildman–Crippen MR) is 89.3 cm³/mol. The molecular formula is C19H14F2N2O. The summed E-state index contributed by atoms with van der Waals surface area (Å²) in [5, 5.41) is 3.07. The fourth-order valence-corrected chi connectivity index (χ4v) is 2.32. The number of halogens is 2. The molecule has 0 fully saturated rings. The van der Waals surface area contributed by atoms with E-state index in [1.807, 2.05) is 6.07 Å². The van der Waals surface area contributed by atoms with Gasteiger partial charge >= 0.3 is 0 Å². The lowest BCUT2D eigenvalue weighted by Crippen LogP contribution is -1.97. The molecule has 0 bridgehead atoms. The summed E-state index contributed by atoms with van der Waals surface area (Å²) in [5.41, 5.74) is 1.96. The molecule has 0 unspecified atom stereocenters. The van der Waals surface area contributed by atoms with Crippen molar-refractivity contribution in [1.82, 2.24) is 4.98 Å². The summed E-state index contributed by atoms with van der Waals surface area (Å²) in [6, 6.07) is 14.4. The average Bonchev–Trinajstić information content (AvgIpc) is 2.58. The number of carbonyl (C=O) groups excluding carboxylic acids is 1. The van der Waals surface area contributed by atoms with Crippen LogP contribution in [0.15, 0.2) is 60.8 Å². The highest BCUT2D eigenvalue weighted by atomic mass is 19.2. The lowest BCUT2D eigenvalue weighted by Gasteiger charge is -2.08. The van der Waals surface area contributed by atoms with E-state index in [1.54, 1.807) is 30.3 Å². The predicted octanol–water partition coefficient (Wildman–Crippen LogP) is 4.97. The summed E-state index contributed by atoms with van der Waals surface area (Å²) in [6.45, 7) is 1.50. The van der Waals surface area contributed by atoms with Crippen LogP contribution in [0.3, 0.4) is 0 Å². The molecule has 3 rings (SSSR count). The topological polar surface area (TPSA) is 42.0 Å². The maximum absolute atomic E-state index is 13.8. The minimum atomic E-state index is -0.894. The van der Waals surface area contributed by atoms with Gasteiger partial charge in [-0.25, -0.2) is 13.8 Å². The van der Waals surface area contributed by atoms with Gasteiger partial charge in [-0.1, -0.05) is 24.3 Å². The molecule has 2 aromatic carbocycles. The Morgan fingerprint density at radius 3 is 2.54 bits per heavy atom. The van der Waals surface area contributed by atoms with Crippen LogP contribution < -0.4 is 5.32 Å². The quantitative estimate of drug-likeness (QED) is 0.689. The van der Waals surface area contributed by atoms with E-state index in [0.717, 1.165) is 11.8 Å². The second-order valence-corrected chi connectivity index (χ2v) is 5.30. The van der Waals surface area contributed by atoms with Gasteiger partial charge in [-0.3, -0.25) is 4.79 Å². The van der Waals surface area contributed by atoms with Crippen LogP contribution in [0.2, 0.25) is 0 Å². The number of ketones is 1. The van der Waals surface area contributed by atoms with Gasteiger partial charge in [0.05, 0.1) is 0 Å². The van der Waals surface area contributed by atoms with E-state index >= 15 is 0 Å². The normalized spacial score (nSPS) is 10.5. The standard InChI is InChI=1S/C19H14F2N2O/c1-12(24)13-4-2-5-15(10-13)23-18-9-8-14(11-22-18)16-6-3-7-17(20)19(16)21/h2-11H,1H3,(H,22,23). The molecule has 1 heterocycles. The van der Waals surface area contributed by atoms with E-state index in [-0.39, 0.29) is 11.3 Å². The van der Waals surface area contributed by atoms with E-state index in [1.165, 1.54) is 25.3 Å². The van der Waals surface area contributed by atoms with Gasteiger partial charge in [0.15, 0.2) is 17.4 Å². The third-order valence-corrected chi connectivity index (χ3v) is 3.57. The molecule has 0 saturated heterocycles. The third kappa shape index (κ3) is 3.30. The minimum absolute atomic E-state index is 0.0245. The van der Waals surface area contributed by atoms with E-state index in [9.17, 15) is 13.6 Å². The van der Waals surface area contributed by atoms with Gasteiger partial charge in [-0.15, -0.1) is 0 Å². The van der Waals surface area contributed by atoms with Crippen molar-refractivity contribution in [1.29, 1.82) is 0 Å².